The Morgan fingerprint density at radius 3 is 2.86 bits per heavy atom. The summed E-state index contributed by atoms with van der Waals surface area (Å²) in [6.45, 7) is 0. The molecule has 2 aromatic rings. The lowest BCUT2D eigenvalue weighted by Gasteiger charge is -1.96. The summed E-state index contributed by atoms with van der Waals surface area (Å²) in [5.41, 5.74) is 0.875. The highest BCUT2D eigenvalue weighted by molar-refractivity contribution is 9.10. The molecule has 0 aromatic carbocycles. The fourth-order valence-corrected chi connectivity index (χ4v) is 1.88. The third-order valence-electron chi connectivity index (χ3n) is 1.90. The van der Waals surface area contributed by atoms with Crippen LogP contribution in [0.3, 0.4) is 0 Å². The maximum Gasteiger partial charge on any atom is 0.338 e. The summed E-state index contributed by atoms with van der Waals surface area (Å²) in [5, 5.41) is 9.04. The van der Waals surface area contributed by atoms with Crippen LogP contribution < -0.4 is 0 Å². The Bertz CT molecular complexity index is 521. The number of halogens is 2. The second kappa shape index (κ2) is 3.29. The van der Waals surface area contributed by atoms with Crippen LogP contribution in [0, 0.1) is 0 Å². The first kappa shape index (κ1) is 9.55. The van der Waals surface area contributed by atoms with E-state index in [1.807, 2.05) is 6.07 Å². The number of fused-ring (bicyclic) bond motifs is 1. The Labute approximate surface area is 93.0 Å². The maximum atomic E-state index is 10.8. The van der Waals surface area contributed by atoms with E-state index in [9.17, 15) is 4.79 Å². The van der Waals surface area contributed by atoms with Gasteiger partial charge in [0.2, 0.25) is 0 Å². The van der Waals surface area contributed by atoms with Gasteiger partial charge in [0.05, 0.1) is 5.56 Å². The molecule has 0 bridgehead atoms. The van der Waals surface area contributed by atoms with Crippen molar-refractivity contribution in [3.05, 3.63) is 39.6 Å². The van der Waals surface area contributed by atoms with E-state index in [4.69, 9.17) is 16.7 Å². The molecule has 2 heterocycles. The van der Waals surface area contributed by atoms with Crippen LogP contribution in [0.5, 0.6) is 0 Å². The van der Waals surface area contributed by atoms with Gasteiger partial charge in [-0.05, 0) is 34.1 Å². The number of carboxylic acid groups (broad SMARTS) is 1. The Balaban J connectivity index is 2.80. The van der Waals surface area contributed by atoms with Gasteiger partial charge in [-0.2, -0.15) is 0 Å². The van der Waals surface area contributed by atoms with Crippen molar-refractivity contribution in [2.75, 3.05) is 0 Å². The summed E-state index contributed by atoms with van der Waals surface area (Å²) in [6.07, 6.45) is 1.73. The molecular formula is C9H5BrClNO2. The van der Waals surface area contributed by atoms with Crippen molar-refractivity contribution in [2.45, 2.75) is 0 Å². The third-order valence-corrected chi connectivity index (χ3v) is 2.76. The van der Waals surface area contributed by atoms with Crippen LogP contribution in [0.25, 0.3) is 5.52 Å². The van der Waals surface area contributed by atoms with Crippen molar-refractivity contribution in [1.29, 1.82) is 0 Å². The SMILES string of the molecule is O=C(O)c1cc2ccc(Br)cn2c1Cl. The van der Waals surface area contributed by atoms with Crippen LogP contribution in [0.2, 0.25) is 5.15 Å². The van der Waals surface area contributed by atoms with E-state index in [0.717, 1.165) is 9.99 Å². The van der Waals surface area contributed by atoms with Gasteiger partial charge in [-0.25, -0.2) is 4.79 Å². The number of hydrogen-bond donors (Lipinski definition) is 1. The first-order valence-electron chi connectivity index (χ1n) is 3.79. The fourth-order valence-electron chi connectivity index (χ4n) is 1.26. The number of carboxylic acids is 1. The monoisotopic (exact) mass is 273 g/mol. The number of pyridine rings is 1. The van der Waals surface area contributed by atoms with Crippen LogP contribution in [-0.4, -0.2) is 15.5 Å². The zero-order chi connectivity index (χ0) is 10.3. The van der Waals surface area contributed by atoms with Gasteiger partial charge in [0.15, 0.2) is 0 Å². The molecule has 72 valence electrons. The molecule has 2 aromatic heterocycles. The Hall–Kier alpha value is -1.00. The molecule has 0 unspecified atom stereocenters. The molecule has 2 rings (SSSR count). The zero-order valence-electron chi connectivity index (χ0n) is 6.87. The summed E-state index contributed by atoms with van der Waals surface area (Å²) >= 11 is 9.17. The number of nitrogens with zero attached hydrogens (tertiary/aromatic N) is 1. The fraction of sp³-hybridized carbons (Fsp3) is 0. The molecule has 0 aliphatic carbocycles. The van der Waals surface area contributed by atoms with Crippen LogP contribution in [-0.2, 0) is 0 Å². The number of aromatic nitrogens is 1. The largest absolute Gasteiger partial charge is 0.478 e. The van der Waals surface area contributed by atoms with Crippen molar-refractivity contribution >= 4 is 39.0 Å². The van der Waals surface area contributed by atoms with Crippen molar-refractivity contribution in [1.82, 2.24) is 4.40 Å². The van der Waals surface area contributed by atoms with Gasteiger partial charge in [0.1, 0.15) is 5.15 Å². The molecule has 5 heteroatoms. The number of carbonyl (C=O) groups is 1. The number of rotatable bonds is 1. The predicted octanol–water partition coefficient (Wildman–Crippen LogP) is 3.05. The third kappa shape index (κ3) is 1.40. The minimum atomic E-state index is -1.02. The van der Waals surface area contributed by atoms with E-state index in [2.05, 4.69) is 15.9 Å². The van der Waals surface area contributed by atoms with Crippen molar-refractivity contribution < 1.29 is 9.90 Å². The van der Waals surface area contributed by atoms with Crippen LogP contribution >= 0.6 is 27.5 Å². The zero-order valence-corrected chi connectivity index (χ0v) is 9.21. The molecular weight excluding hydrogens is 269 g/mol. The number of aromatic carboxylic acids is 1. The van der Waals surface area contributed by atoms with Crippen molar-refractivity contribution in [3.8, 4) is 0 Å². The molecule has 14 heavy (non-hydrogen) atoms. The highest BCUT2D eigenvalue weighted by Gasteiger charge is 2.13. The topological polar surface area (TPSA) is 41.7 Å². The van der Waals surface area contributed by atoms with Gasteiger partial charge in [-0.15, -0.1) is 0 Å². The second-order valence-corrected chi connectivity index (χ2v) is 4.07. The van der Waals surface area contributed by atoms with Gasteiger partial charge in [-0.1, -0.05) is 11.6 Å². The summed E-state index contributed by atoms with van der Waals surface area (Å²) in [6, 6.07) is 5.16. The highest BCUT2D eigenvalue weighted by atomic mass is 79.9. The lowest BCUT2D eigenvalue weighted by atomic mass is 10.3. The van der Waals surface area contributed by atoms with E-state index in [-0.39, 0.29) is 10.7 Å². The molecule has 0 atom stereocenters. The van der Waals surface area contributed by atoms with Crippen LogP contribution in [0.15, 0.2) is 28.9 Å². The van der Waals surface area contributed by atoms with Crippen LogP contribution in [0.4, 0.5) is 0 Å². The quantitative estimate of drug-likeness (QED) is 0.868. The average Bonchev–Trinajstić information content (AvgIpc) is 2.44. The first-order chi connectivity index (χ1) is 6.59. The first-order valence-corrected chi connectivity index (χ1v) is 4.96. The van der Waals surface area contributed by atoms with Crippen LogP contribution in [0.1, 0.15) is 10.4 Å². The van der Waals surface area contributed by atoms with E-state index < -0.39 is 5.97 Å². The van der Waals surface area contributed by atoms with Crippen molar-refractivity contribution in [3.63, 3.8) is 0 Å². The lowest BCUT2D eigenvalue weighted by Crippen LogP contribution is -1.94. The molecule has 0 aliphatic heterocycles. The highest BCUT2D eigenvalue weighted by Crippen LogP contribution is 2.23. The van der Waals surface area contributed by atoms with E-state index >= 15 is 0 Å². The van der Waals surface area contributed by atoms with E-state index in [1.54, 1.807) is 16.7 Å². The molecule has 0 aliphatic rings. The Morgan fingerprint density at radius 1 is 1.50 bits per heavy atom. The Morgan fingerprint density at radius 2 is 2.21 bits per heavy atom. The minimum absolute atomic E-state index is 0.116. The minimum Gasteiger partial charge on any atom is -0.478 e. The van der Waals surface area contributed by atoms with Gasteiger partial charge >= 0.3 is 5.97 Å². The molecule has 0 fully saturated rings. The average molecular weight is 275 g/mol. The summed E-state index contributed by atoms with van der Waals surface area (Å²) < 4.78 is 2.47. The van der Waals surface area contributed by atoms with E-state index in [1.165, 1.54) is 6.07 Å². The smallest absolute Gasteiger partial charge is 0.338 e. The molecule has 0 saturated heterocycles. The number of hydrogen-bond acceptors (Lipinski definition) is 1. The van der Waals surface area contributed by atoms with Gasteiger partial charge in [-0.3, -0.25) is 0 Å². The predicted molar refractivity (Wildman–Crippen MR) is 57.1 cm³/mol. The van der Waals surface area contributed by atoms with Gasteiger partial charge < -0.3 is 9.51 Å². The molecule has 3 nitrogen and oxygen atoms in total. The lowest BCUT2D eigenvalue weighted by molar-refractivity contribution is 0.0697. The second-order valence-electron chi connectivity index (χ2n) is 2.80. The summed E-state index contributed by atoms with van der Waals surface area (Å²) in [7, 11) is 0. The molecule has 0 saturated carbocycles. The van der Waals surface area contributed by atoms with Crippen molar-refractivity contribution in [2.24, 2.45) is 0 Å². The normalized spacial score (nSPS) is 10.7. The molecule has 1 N–H and O–H groups in total. The van der Waals surface area contributed by atoms with Gasteiger partial charge in [0.25, 0.3) is 0 Å². The summed E-state index contributed by atoms with van der Waals surface area (Å²) in [5.74, 6) is -1.02. The van der Waals surface area contributed by atoms with E-state index in [0.29, 0.717) is 0 Å². The summed E-state index contributed by atoms with van der Waals surface area (Å²) in [4.78, 5) is 10.8. The van der Waals surface area contributed by atoms with Gasteiger partial charge in [0, 0.05) is 16.2 Å². The molecule has 0 radical (unpaired) electrons. The maximum absolute atomic E-state index is 10.8. The molecule has 0 spiro atoms. The Kier molecular flexibility index (Phi) is 2.25. The molecule has 0 amide bonds. The standard InChI is InChI=1S/C9H5BrClNO2/c10-5-1-2-6-3-7(9(13)14)8(11)12(6)4-5/h1-4H,(H,13,14).